The second-order valence-electron chi connectivity index (χ2n) is 4.13. The Morgan fingerprint density at radius 3 is 2.75 bits per heavy atom. The number of hydrogen-bond acceptors (Lipinski definition) is 3. The van der Waals surface area contributed by atoms with E-state index in [-0.39, 0.29) is 16.5 Å². The molecule has 0 bridgehead atoms. The van der Waals surface area contributed by atoms with Crippen LogP contribution in [0.4, 0.5) is 4.39 Å². The summed E-state index contributed by atoms with van der Waals surface area (Å²) in [6.45, 7) is 0.409. The van der Waals surface area contributed by atoms with E-state index in [0.29, 0.717) is 13.0 Å². The molecule has 0 spiro atoms. The summed E-state index contributed by atoms with van der Waals surface area (Å²) in [7, 11) is 1.51. The van der Waals surface area contributed by atoms with Crippen molar-refractivity contribution in [2.75, 3.05) is 13.7 Å². The minimum absolute atomic E-state index is 0.0729. The number of benzene rings is 1. The Bertz CT molecular complexity index is 495. The van der Waals surface area contributed by atoms with Gasteiger partial charge in [0.15, 0.2) is 0 Å². The van der Waals surface area contributed by atoms with Crippen molar-refractivity contribution in [3.63, 3.8) is 0 Å². The first-order valence-electron chi connectivity index (χ1n) is 5.93. The molecule has 7 heteroatoms. The summed E-state index contributed by atoms with van der Waals surface area (Å²) in [5.41, 5.74) is 0.0729. The monoisotopic (exact) mass is 347 g/mol. The third-order valence-corrected chi connectivity index (χ3v) is 3.27. The number of ether oxygens (including phenoxy) is 1. The number of aliphatic carboxylic acids is 1. The number of carbonyl (C=O) groups excluding carboxylic acids is 1. The number of hydrogen-bond donors (Lipinski definition) is 2. The summed E-state index contributed by atoms with van der Waals surface area (Å²) in [6, 6.07) is 2.83. The van der Waals surface area contributed by atoms with Crippen LogP contribution in [0.15, 0.2) is 22.7 Å². The highest BCUT2D eigenvalue weighted by Gasteiger charge is 2.20. The van der Waals surface area contributed by atoms with Gasteiger partial charge < -0.3 is 15.2 Å². The van der Waals surface area contributed by atoms with Gasteiger partial charge >= 0.3 is 5.97 Å². The topological polar surface area (TPSA) is 75.6 Å². The number of carboxylic acids is 1. The van der Waals surface area contributed by atoms with E-state index in [1.807, 2.05) is 0 Å². The standard InChI is InChI=1S/C13H15BrFNO4/c1-20-6-2-3-11(13(18)19)16-12(17)8-4-5-9(14)10(15)7-8/h4-5,7,11H,2-3,6H2,1H3,(H,16,17)(H,18,19). The molecular weight excluding hydrogens is 333 g/mol. The molecule has 0 saturated heterocycles. The van der Waals surface area contributed by atoms with Gasteiger partial charge in [0.1, 0.15) is 11.9 Å². The molecule has 0 aliphatic rings. The van der Waals surface area contributed by atoms with Crippen molar-refractivity contribution in [1.29, 1.82) is 0 Å². The summed E-state index contributed by atoms with van der Waals surface area (Å²) in [5, 5.41) is 11.4. The lowest BCUT2D eigenvalue weighted by molar-refractivity contribution is -0.139. The Morgan fingerprint density at radius 2 is 2.20 bits per heavy atom. The van der Waals surface area contributed by atoms with Crippen molar-refractivity contribution in [1.82, 2.24) is 5.32 Å². The van der Waals surface area contributed by atoms with Crippen molar-refractivity contribution >= 4 is 27.8 Å². The average molecular weight is 348 g/mol. The van der Waals surface area contributed by atoms with Crippen LogP contribution in [-0.4, -0.2) is 36.7 Å². The fourth-order valence-corrected chi connectivity index (χ4v) is 1.81. The van der Waals surface area contributed by atoms with E-state index in [4.69, 9.17) is 9.84 Å². The zero-order valence-corrected chi connectivity index (χ0v) is 12.4. The second-order valence-corrected chi connectivity index (χ2v) is 4.98. The molecule has 1 amide bonds. The molecule has 5 nitrogen and oxygen atoms in total. The third kappa shape index (κ3) is 4.90. The molecule has 1 unspecified atom stereocenters. The van der Waals surface area contributed by atoms with Crippen LogP contribution in [0.5, 0.6) is 0 Å². The van der Waals surface area contributed by atoms with Gasteiger partial charge in [0.2, 0.25) is 0 Å². The molecule has 0 saturated carbocycles. The average Bonchev–Trinajstić information content (AvgIpc) is 2.40. The molecule has 0 aliphatic heterocycles. The number of carboxylic acid groups (broad SMARTS) is 1. The molecule has 0 aliphatic carbocycles. The zero-order valence-electron chi connectivity index (χ0n) is 10.9. The van der Waals surface area contributed by atoms with Crippen molar-refractivity contribution < 1.29 is 23.8 Å². The van der Waals surface area contributed by atoms with Crippen LogP contribution in [0, 0.1) is 5.82 Å². The maximum atomic E-state index is 13.3. The van der Waals surface area contributed by atoms with Crippen LogP contribution in [0.1, 0.15) is 23.2 Å². The van der Waals surface area contributed by atoms with E-state index in [9.17, 15) is 14.0 Å². The highest BCUT2D eigenvalue weighted by Crippen LogP contribution is 2.16. The molecule has 2 N–H and O–H groups in total. The van der Waals surface area contributed by atoms with Crippen LogP contribution in [0.3, 0.4) is 0 Å². The summed E-state index contributed by atoms with van der Waals surface area (Å²) < 4.78 is 18.4. The van der Waals surface area contributed by atoms with Crippen molar-refractivity contribution in [2.24, 2.45) is 0 Å². The van der Waals surface area contributed by atoms with Gasteiger partial charge in [-0.3, -0.25) is 4.79 Å². The molecular formula is C13H15BrFNO4. The maximum Gasteiger partial charge on any atom is 0.326 e. The van der Waals surface area contributed by atoms with E-state index in [1.54, 1.807) is 0 Å². The smallest absolute Gasteiger partial charge is 0.326 e. The molecule has 1 aromatic rings. The van der Waals surface area contributed by atoms with Crippen molar-refractivity contribution in [3.8, 4) is 0 Å². The number of rotatable bonds is 7. The van der Waals surface area contributed by atoms with Gasteiger partial charge in [0.25, 0.3) is 5.91 Å². The van der Waals surface area contributed by atoms with E-state index < -0.39 is 23.7 Å². The predicted molar refractivity (Wildman–Crippen MR) is 74.1 cm³/mol. The minimum Gasteiger partial charge on any atom is -0.480 e. The van der Waals surface area contributed by atoms with Crippen LogP contribution in [-0.2, 0) is 9.53 Å². The quantitative estimate of drug-likeness (QED) is 0.741. The van der Waals surface area contributed by atoms with Gasteiger partial charge in [-0.15, -0.1) is 0 Å². The Balaban J connectivity index is 2.69. The molecule has 20 heavy (non-hydrogen) atoms. The van der Waals surface area contributed by atoms with Gasteiger partial charge in [-0.1, -0.05) is 0 Å². The molecule has 1 rings (SSSR count). The first-order chi connectivity index (χ1) is 9.45. The van der Waals surface area contributed by atoms with E-state index in [2.05, 4.69) is 21.2 Å². The largest absolute Gasteiger partial charge is 0.480 e. The highest BCUT2D eigenvalue weighted by atomic mass is 79.9. The lowest BCUT2D eigenvalue weighted by Gasteiger charge is -2.14. The number of methoxy groups -OCH3 is 1. The molecule has 0 heterocycles. The molecule has 0 aromatic heterocycles. The lowest BCUT2D eigenvalue weighted by Crippen LogP contribution is -2.40. The first-order valence-corrected chi connectivity index (χ1v) is 6.72. The Morgan fingerprint density at radius 1 is 1.50 bits per heavy atom. The van der Waals surface area contributed by atoms with E-state index in [0.717, 1.165) is 6.07 Å². The summed E-state index contributed by atoms with van der Waals surface area (Å²) in [4.78, 5) is 22.9. The van der Waals surface area contributed by atoms with E-state index >= 15 is 0 Å². The predicted octanol–water partition coefficient (Wildman–Crippen LogP) is 2.20. The maximum absolute atomic E-state index is 13.3. The second kappa shape index (κ2) is 7.96. The number of halogens is 2. The van der Waals surface area contributed by atoms with E-state index in [1.165, 1.54) is 19.2 Å². The van der Waals surface area contributed by atoms with Gasteiger partial charge in [-0.25, -0.2) is 9.18 Å². The third-order valence-electron chi connectivity index (χ3n) is 2.63. The summed E-state index contributed by atoms with van der Waals surface area (Å²) in [6.07, 6.45) is 0.746. The normalized spacial score (nSPS) is 11.9. The highest BCUT2D eigenvalue weighted by molar-refractivity contribution is 9.10. The molecule has 110 valence electrons. The molecule has 1 aromatic carbocycles. The number of amides is 1. The Hall–Kier alpha value is -1.47. The molecule has 1 atom stereocenters. The Labute approximate surface area is 124 Å². The minimum atomic E-state index is -1.13. The van der Waals surface area contributed by atoms with Gasteiger partial charge in [0.05, 0.1) is 4.47 Å². The van der Waals surface area contributed by atoms with Gasteiger partial charge in [-0.05, 0) is 47.0 Å². The van der Waals surface area contributed by atoms with Crippen molar-refractivity contribution in [3.05, 3.63) is 34.1 Å². The van der Waals surface area contributed by atoms with Gasteiger partial charge in [0, 0.05) is 19.3 Å². The number of carbonyl (C=O) groups is 2. The lowest BCUT2D eigenvalue weighted by atomic mass is 10.1. The van der Waals surface area contributed by atoms with Crippen LogP contribution in [0.25, 0.3) is 0 Å². The van der Waals surface area contributed by atoms with Crippen LogP contribution in [0.2, 0.25) is 0 Å². The molecule has 0 fully saturated rings. The van der Waals surface area contributed by atoms with Crippen LogP contribution < -0.4 is 5.32 Å². The fourth-order valence-electron chi connectivity index (χ4n) is 1.57. The SMILES string of the molecule is COCCCC(NC(=O)c1ccc(Br)c(F)c1)C(=O)O. The summed E-state index contributed by atoms with van der Waals surface area (Å²) in [5.74, 6) is -2.34. The zero-order chi connectivity index (χ0) is 15.1. The fraction of sp³-hybridized carbons (Fsp3) is 0.385. The summed E-state index contributed by atoms with van der Waals surface area (Å²) >= 11 is 2.98. The number of nitrogens with one attached hydrogen (secondary N) is 1. The van der Waals surface area contributed by atoms with Crippen LogP contribution >= 0.6 is 15.9 Å². The van der Waals surface area contributed by atoms with Crippen molar-refractivity contribution in [2.45, 2.75) is 18.9 Å². The first kappa shape index (κ1) is 16.6. The van der Waals surface area contributed by atoms with Gasteiger partial charge in [-0.2, -0.15) is 0 Å². The molecule has 0 radical (unpaired) electrons. The Kier molecular flexibility index (Phi) is 6.60.